The third kappa shape index (κ3) is 3.04. The zero-order valence-electron chi connectivity index (χ0n) is 12.0. The number of nitrogens with two attached hydrogens (primary N) is 1. The SMILES string of the molecule is NCc1c(CC=Cc2ccccc2)ccc2ccccc12. The van der Waals surface area contributed by atoms with E-state index in [9.17, 15) is 0 Å². The molecule has 3 aromatic rings. The zero-order chi connectivity index (χ0) is 14.5. The minimum Gasteiger partial charge on any atom is -0.326 e. The third-order valence-electron chi connectivity index (χ3n) is 3.79. The quantitative estimate of drug-likeness (QED) is 0.741. The Hall–Kier alpha value is -2.38. The summed E-state index contributed by atoms with van der Waals surface area (Å²) in [5.41, 5.74) is 9.77. The van der Waals surface area contributed by atoms with E-state index >= 15 is 0 Å². The van der Waals surface area contributed by atoms with Crippen LogP contribution in [0.25, 0.3) is 16.8 Å². The number of allylic oxidation sites excluding steroid dienone is 1. The molecule has 0 heterocycles. The minimum atomic E-state index is 0.579. The lowest BCUT2D eigenvalue weighted by molar-refractivity contribution is 1.05. The molecule has 0 bridgehead atoms. The normalized spacial score (nSPS) is 11.3. The van der Waals surface area contributed by atoms with E-state index in [0.29, 0.717) is 6.54 Å². The van der Waals surface area contributed by atoms with Crippen LogP contribution in [0.5, 0.6) is 0 Å². The van der Waals surface area contributed by atoms with Gasteiger partial charge in [-0.05, 0) is 33.9 Å². The number of hydrogen-bond donors (Lipinski definition) is 1. The van der Waals surface area contributed by atoms with Crippen molar-refractivity contribution in [2.45, 2.75) is 13.0 Å². The summed E-state index contributed by atoms with van der Waals surface area (Å²) in [6.45, 7) is 0.579. The zero-order valence-corrected chi connectivity index (χ0v) is 12.0. The van der Waals surface area contributed by atoms with Crippen LogP contribution in [0.4, 0.5) is 0 Å². The van der Waals surface area contributed by atoms with Gasteiger partial charge in [0.05, 0.1) is 0 Å². The Morgan fingerprint density at radius 2 is 1.57 bits per heavy atom. The van der Waals surface area contributed by atoms with Gasteiger partial charge in [0, 0.05) is 6.54 Å². The van der Waals surface area contributed by atoms with Crippen LogP contribution in [0.2, 0.25) is 0 Å². The molecular formula is C20H19N. The van der Waals surface area contributed by atoms with Crippen LogP contribution in [-0.4, -0.2) is 0 Å². The average Bonchev–Trinajstić information content (AvgIpc) is 2.55. The molecular weight excluding hydrogens is 254 g/mol. The van der Waals surface area contributed by atoms with Gasteiger partial charge in [0.1, 0.15) is 0 Å². The largest absolute Gasteiger partial charge is 0.326 e. The highest BCUT2D eigenvalue weighted by Gasteiger charge is 2.04. The summed E-state index contributed by atoms with van der Waals surface area (Å²) in [7, 11) is 0. The van der Waals surface area contributed by atoms with E-state index in [2.05, 4.69) is 72.8 Å². The summed E-state index contributed by atoms with van der Waals surface area (Å²) in [6, 6.07) is 23.2. The molecule has 0 aliphatic carbocycles. The van der Waals surface area contributed by atoms with Gasteiger partial charge in [-0.1, -0.05) is 78.9 Å². The molecule has 0 aliphatic rings. The van der Waals surface area contributed by atoms with Crippen LogP contribution < -0.4 is 5.73 Å². The molecule has 2 N–H and O–H groups in total. The monoisotopic (exact) mass is 273 g/mol. The number of hydrogen-bond acceptors (Lipinski definition) is 1. The molecule has 0 aliphatic heterocycles. The Balaban J connectivity index is 1.89. The molecule has 21 heavy (non-hydrogen) atoms. The topological polar surface area (TPSA) is 26.0 Å². The maximum absolute atomic E-state index is 5.98. The first-order valence-corrected chi connectivity index (χ1v) is 7.29. The highest BCUT2D eigenvalue weighted by atomic mass is 14.5. The smallest absolute Gasteiger partial charge is 0.0187 e. The van der Waals surface area contributed by atoms with Crippen molar-refractivity contribution < 1.29 is 0 Å². The van der Waals surface area contributed by atoms with E-state index in [1.165, 1.54) is 27.5 Å². The standard InChI is InChI=1S/C20H19N/c21-15-20-18(11-6-9-16-7-2-1-3-8-16)14-13-17-10-4-5-12-19(17)20/h1-10,12-14H,11,15,21H2. The van der Waals surface area contributed by atoms with E-state index in [1.54, 1.807) is 0 Å². The summed E-state index contributed by atoms with van der Waals surface area (Å²) < 4.78 is 0. The van der Waals surface area contributed by atoms with E-state index < -0.39 is 0 Å². The maximum atomic E-state index is 5.98. The fourth-order valence-corrected chi connectivity index (χ4v) is 2.70. The van der Waals surface area contributed by atoms with Crippen LogP contribution >= 0.6 is 0 Å². The van der Waals surface area contributed by atoms with Gasteiger partial charge < -0.3 is 5.73 Å². The molecule has 1 nitrogen and oxygen atoms in total. The summed E-state index contributed by atoms with van der Waals surface area (Å²) in [4.78, 5) is 0. The van der Waals surface area contributed by atoms with Gasteiger partial charge in [-0.3, -0.25) is 0 Å². The minimum absolute atomic E-state index is 0.579. The van der Waals surface area contributed by atoms with E-state index in [1.807, 2.05) is 6.07 Å². The molecule has 0 spiro atoms. The molecule has 0 fully saturated rings. The fourth-order valence-electron chi connectivity index (χ4n) is 2.70. The summed E-state index contributed by atoms with van der Waals surface area (Å²) in [6.07, 6.45) is 5.28. The third-order valence-corrected chi connectivity index (χ3v) is 3.79. The summed E-state index contributed by atoms with van der Waals surface area (Å²) in [5, 5.41) is 2.53. The van der Waals surface area contributed by atoms with Gasteiger partial charge in [-0.2, -0.15) is 0 Å². The van der Waals surface area contributed by atoms with Crippen molar-refractivity contribution in [2.24, 2.45) is 5.73 Å². The molecule has 104 valence electrons. The highest BCUT2D eigenvalue weighted by Crippen LogP contribution is 2.23. The molecule has 0 saturated carbocycles. The van der Waals surface area contributed by atoms with E-state index in [-0.39, 0.29) is 0 Å². The summed E-state index contributed by atoms with van der Waals surface area (Å²) >= 11 is 0. The predicted octanol–water partition coefficient (Wildman–Crippen LogP) is 4.55. The summed E-state index contributed by atoms with van der Waals surface area (Å²) in [5.74, 6) is 0. The molecule has 0 atom stereocenters. The van der Waals surface area contributed by atoms with Crippen molar-refractivity contribution in [3.05, 3.63) is 89.5 Å². The predicted molar refractivity (Wildman–Crippen MR) is 91.0 cm³/mol. The fraction of sp³-hybridized carbons (Fsp3) is 0.100. The van der Waals surface area contributed by atoms with Gasteiger partial charge in [0.25, 0.3) is 0 Å². The second-order valence-corrected chi connectivity index (χ2v) is 5.15. The average molecular weight is 273 g/mol. The number of fused-ring (bicyclic) bond motifs is 1. The van der Waals surface area contributed by atoms with Crippen molar-refractivity contribution in [2.75, 3.05) is 0 Å². The molecule has 0 saturated heterocycles. The van der Waals surface area contributed by atoms with Crippen molar-refractivity contribution in [1.82, 2.24) is 0 Å². The van der Waals surface area contributed by atoms with E-state index in [4.69, 9.17) is 5.73 Å². The number of rotatable bonds is 4. The Bertz CT molecular complexity index is 757. The Morgan fingerprint density at radius 1 is 0.810 bits per heavy atom. The van der Waals surface area contributed by atoms with Crippen molar-refractivity contribution in [3.63, 3.8) is 0 Å². The molecule has 0 radical (unpaired) electrons. The highest BCUT2D eigenvalue weighted by molar-refractivity contribution is 5.86. The van der Waals surface area contributed by atoms with Gasteiger partial charge in [-0.25, -0.2) is 0 Å². The first kappa shape index (κ1) is 13.6. The lowest BCUT2D eigenvalue weighted by Crippen LogP contribution is -2.02. The molecule has 1 heteroatoms. The van der Waals surface area contributed by atoms with Crippen LogP contribution in [0, 0.1) is 0 Å². The lowest BCUT2D eigenvalue weighted by atomic mass is 9.97. The first-order chi connectivity index (χ1) is 10.4. The van der Waals surface area contributed by atoms with Crippen LogP contribution in [0.3, 0.4) is 0 Å². The van der Waals surface area contributed by atoms with Gasteiger partial charge >= 0.3 is 0 Å². The lowest BCUT2D eigenvalue weighted by Gasteiger charge is -2.10. The van der Waals surface area contributed by atoms with Crippen molar-refractivity contribution in [3.8, 4) is 0 Å². The van der Waals surface area contributed by atoms with Gasteiger partial charge in [-0.15, -0.1) is 0 Å². The van der Waals surface area contributed by atoms with E-state index in [0.717, 1.165) is 6.42 Å². The van der Waals surface area contributed by atoms with Crippen molar-refractivity contribution in [1.29, 1.82) is 0 Å². The second-order valence-electron chi connectivity index (χ2n) is 5.15. The van der Waals surface area contributed by atoms with Crippen LogP contribution in [0.1, 0.15) is 16.7 Å². The maximum Gasteiger partial charge on any atom is 0.0187 e. The molecule has 3 rings (SSSR count). The Morgan fingerprint density at radius 3 is 2.38 bits per heavy atom. The molecule has 0 aromatic heterocycles. The molecule has 3 aromatic carbocycles. The number of benzene rings is 3. The van der Waals surface area contributed by atoms with Crippen LogP contribution in [-0.2, 0) is 13.0 Å². The molecule has 0 unspecified atom stereocenters. The Kier molecular flexibility index (Phi) is 4.13. The van der Waals surface area contributed by atoms with Crippen LogP contribution in [0.15, 0.2) is 72.8 Å². The first-order valence-electron chi connectivity index (χ1n) is 7.29. The van der Waals surface area contributed by atoms with Gasteiger partial charge in [0.2, 0.25) is 0 Å². The Labute approximate surface area is 125 Å². The van der Waals surface area contributed by atoms with Crippen molar-refractivity contribution >= 4 is 16.8 Å². The van der Waals surface area contributed by atoms with Gasteiger partial charge in [0.15, 0.2) is 0 Å². The second kappa shape index (κ2) is 6.38. The molecule has 0 amide bonds.